The molecule has 10 heteroatoms. The van der Waals surface area contributed by atoms with Crippen LogP contribution in [-0.2, 0) is 4.79 Å². The Morgan fingerprint density at radius 3 is 2.29 bits per heavy atom. The molecule has 0 spiro atoms. The van der Waals surface area contributed by atoms with E-state index in [1.165, 1.54) is 0 Å². The lowest BCUT2D eigenvalue weighted by molar-refractivity contribution is -0.124. The topological polar surface area (TPSA) is 96.2 Å². The molecule has 174 valence electrons. The highest BCUT2D eigenvalue weighted by Crippen LogP contribution is 2.40. The second-order valence-corrected chi connectivity index (χ2v) is 9.00. The number of halogens is 2. The van der Waals surface area contributed by atoms with Crippen LogP contribution in [0.15, 0.2) is 48.5 Å². The zero-order valence-corrected chi connectivity index (χ0v) is 20.2. The van der Waals surface area contributed by atoms with E-state index in [0.29, 0.717) is 52.4 Å². The van der Waals surface area contributed by atoms with Crippen LogP contribution >= 0.6 is 23.2 Å². The van der Waals surface area contributed by atoms with Gasteiger partial charge in [0.25, 0.3) is 0 Å². The fraction of sp³-hybridized carbons (Fsp3) is 0.250. The van der Waals surface area contributed by atoms with Gasteiger partial charge in [0.2, 0.25) is 11.9 Å². The summed E-state index contributed by atoms with van der Waals surface area (Å²) in [6.07, 6.45) is 0. The lowest BCUT2D eigenvalue weighted by Gasteiger charge is -2.41. The fourth-order valence-corrected chi connectivity index (χ4v) is 4.63. The van der Waals surface area contributed by atoms with E-state index in [9.17, 15) is 4.79 Å². The quantitative estimate of drug-likeness (QED) is 0.374. The van der Waals surface area contributed by atoms with Gasteiger partial charge in [-0.2, -0.15) is 14.6 Å². The first-order valence-corrected chi connectivity index (χ1v) is 11.7. The van der Waals surface area contributed by atoms with E-state index < -0.39 is 5.54 Å². The van der Waals surface area contributed by atoms with Crippen molar-refractivity contribution >= 4 is 40.7 Å². The molecule has 0 bridgehead atoms. The molecule has 1 amide bonds. The average Bonchev–Trinajstić information content (AvgIpc) is 3.15. The number of fused-ring (bicyclic) bond motifs is 1. The van der Waals surface area contributed by atoms with Crippen molar-refractivity contribution in [3.63, 3.8) is 0 Å². The van der Waals surface area contributed by atoms with Gasteiger partial charge in [-0.15, -0.1) is 0 Å². The van der Waals surface area contributed by atoms with E-state index >= 15 is 0 Å². The van der Waals surface area contributed by atoms with E-state index in [0.717, 1.165) is 11.1 Å². The lowest BCUT2D eigenvalue weighted by atomic mass is 9.91. The second kappa shape index (κ2) is 8.96. The molecule has 0 atom stereocenters. The number of carbonyl (C=O) groups is 1. The minimum absolute atomic E-state index is 0.179. The molecule has 2 aromatic heterocycles. The van der Waals surface area contributed by atoms with Gasteiger partial charge in [-0.25, -0.2) is 4.98 Å². The molecule has 0 unspecified atom stereocenters. The summed E-state index contributed by atoms with van der Waals surface area (Å²) in [7, 11) is 0. The highest BCUT2D eigenvalue weighted by atomic mass is 35.5. The third kappa shape index (κ3) is 3.82. The van der Waals surface area contributed by atoms with Crippen LogP contribution in [0.2, 0.25) is 10.0 Å². The molecular formula is C24H23Cl2N7O. The Balaban J connectivity index is 1.73. The second-order valence-electron chi connectivity index (χ2n) is 8.18. The van der Waals surface area contributed by atoms with Gasteiger partial charge in [-0.3, -0.25) is 10.1 Å². The average molecular weight is 496 g/mol. The summed E-state index contributed by atoms with van der Waals surface area (Å²) < 4.78 is 1.55. The van der Waals surface area contributed by atoms with Crippen LogP contribution in [0.1, 0.15) is 12.7 Å². The van der Waals surface area contributed by atoms with Gasteiger partial charge in [-0.05, 0) is 25.6 Å². The van der Waals surface area contributed by atoms with Gasteiger partial charge in [0.15, 0.2) is 5.65 Å². The molecule has 8 nitrogen and oxygen atoms in total. The van der Waals surface area contributed by atoms with Crippen molar-refractivity contribution < 1.29 is 4.79 Å². The van der Waals surface area contributed by atoms with Crippen LogP contribution in [0, 0.1) is 6.92 Å². The van der Waals surface area contributed by atoms with Gasteiger partial charge in [0, 0.05) is 29.2 Å². The lowest BCUT2D eigenvalue weighted by Crippen LogP contribution is -2.73. The zero-order chi connectivity index (χ0) is 23.9. The van der Waals surface area contributed by atoms with E-state index in [-0.39, 0.29) is 11.9 Å². The first-order chi connectivity index (χ1) is 16.4. The number of hydrogen-bond acceptors (Lipinski definition) is 6. The van der Waals surface area contributed by atoms with Crippen LogP contribution in [0.5, 0.6) is 0 Å². The Labute approximate surface area is 206 Å². The number of carbonyl (C=O) groups excluding carboxylic acids is 1. The standard InChI is InChI=1S/C24H23Cl2N7O/c1-3-28-24(12-27-13-24)22(34)31-23-30-14(2)29-21-19(15-8-4-6-10-17(15)25)20(32-33(21)23)16-9-5-7-11-18(16)26/h4-11,27-28H,3,12-13H2,1-2H3,(H,29,30,31,34). The Morgan fingerprint density at radius 2 is 1.71 bits per heavy atom. The van der Waals surface area contributed by atoms with Crippen LogP contribution in [-0.4, -0.2) is 50.7 Å². The molecule has 1 saturated heterocycles. The number of likely N-dealkylation sites (N-methyl/N-ethyl adjacent to an activating group) is 1. The maximum absolute atomic E-state index is 13.2. The van der Waals surface area contributed by atoms with Gasteiger partial charge >= 0.3 is 0 Å². The molecule has 0 saturated carbocycles. The number of aryl methyl sites for hydroxylation is 1. The highest BCUT2D eigenvalue weighted by molar-refractivity contribution is 6.35. The summed E-state index contributed by atoms with van der Waals surface area (Å²) in [6, 6.07) is 15.0. The number of nitrogens with zero attached hydrogens (tertiary/aromatic N) is 4. The summed E-state index contributed by atoms with van der Waals surface area (Å²) in [5.41, 5.74) is 2.63. The van der Waals surface area contributed by atoms with Crippen molar-refractivity contribution in [2.75, 3.05) is 25.0 Å². The monoisotopic (exact) mass is 495 g/mol. The van der Waals surface area contributed by atoms with Crippen LogP contribution in [0.25, 0.3) is 28.0 Å². The summed E-state index contributed by atoms with van der Waals surface area (Å²) in [6.45, 7) is 5.49. The summed E-state index contributed by atoms with van der Waals surface area (Å²) in [5, 5.41) is 15.3. The number of amides is 1. The number of aromatic nitrogens is 4. The van der Waals surface area contributed by atoms with Crippen molar-refractivity contribution in [1.82, 2.24) is 30.2 Å². The van der Waals surface area contributed by atoms with E-state index in [1.54, 1.807) is 17.5 Å². The van der Waals surface area contributed by atoms with Crippen LogP contribution < -0.4 is 16.0 Å². The van der Waals surface area contributed by atoms with E-state index in [1.807, 2.05) is 49.4 Å². The third-order valence-electron chi connectivity index (χ3n) is 5.90. The predicted molar refractivity (Wildman–Crippen MR) is 134 cm³/mol. The summed E-state index contributed by atoms with van der Waals surface area (Å²) in [4.78, 5) is 22.4. The van der Waals surface area contributed by atoms with Crippen molar-refractivity contribution in [2.45, 2.75) is 19.4 Å². The summed E-state index contributed by atoms with van der Waals surface area (Å²) >= 11 is 13.2. The largest absolute Gasteiger partial charge is 0.312 e. The number of rotatable bonds is 6. The predicted octanol–water partition coefficient (Wildman–Crippen LogP) is 3.96. The maximum Gasteiger partial charge on any atom is 0.249 e. The summed E-state index contributed by atoms with van der Waals surface area (Å²) in [5.74, 6) is 0.593. The van der Waals surface area contributed by atoms with Gasteiger partial charge < -0.3 is 10.6 Å². The normalized spacial score (nSPS) is 14.7. The number of anilines is 1. The smallest absolute Gasteiger partial charge is 0.249 e. The molecular weight excluding hydrogens is 473 g/mol. The minimum atomic E-state index is -0.690. The van der Waals surface area contributed by atoms with Gasteiger partial charge in [0.05, 0.1) is 10.6 Å². The number of benzene rings is 2. The Hall–Kier alpha value is -3.04. The molecule has 34 heavy (non-hydrogen) atoms. The number of nitrogens with one attached hydrogen (secondary N) is 3. The van der Waals surface area contributed by atoms with Crippen molar-refractivity contribution in [3.05, 3.63) is 64.4 Å². The van der Waals surface area contributed by atoms with E-state index in [4.69, 9.17) is 28.3 Å². The molecule has 0 radical (unpaired) electrons. The van der Waals surface area contributed by atoms with Gasteiger partial charge in [-0.1, -0.05) is 66.5 Å². The van der Waals surface area contributed by atoms with Gasteiger partial charge in [0.1, 0.15) is 17.1 Å². The molecule has 1 aliphatic rings. The molecule has 1 fully saturated rings. The minimum Gasteiger partial charge on any atom is -0.312 e. The first-order valence-electron chi connectivity index (χ1n) is 11.0. The molecule has 4 aromatic rings. The number of hydrogen-bond donors (Lipinski definition) is 3. The van der Waals surface area contributed by atoms with Crippen molar-refractivity contribution in [1.29, 1.82) is 0 Å². The van der Waals surface area contributed by atoms with Crippen molar-refractivity contribution in [2.24, 2.45) is 0 Å². The molecule has 3 N–H and O–H groups in total. The van der Waals surface area contributed by atoms with Crippen LogP contribution in [0.3, 0.4) is 0 Å². The fourth-order valence-electron chi connectivity index (χ4n) is 4.17. The molecule has 3 heterocycles. The molecule has 5 rings (SSSR count). The Morgan fingerprint density at radius 1 is 1.06 bits per heavy atom. The molecule has 2 aromatic carbocycles. The maximum atomic E-state index is 13.2. The first kappa shape index (κ1) is 22.7. The SMILES string of the molecule is CCNC1(C(=O)Nc2nc(C)nc3c(-c4ccccc4Cl)c(-c4ccccc4Cl)nn23)CNC1. The Bertz CT molecular complexity index is 1400. The Kier molecular flexibility index (Phi) is 5.99. The molecule has 1 aliphatic heterocycles. The molecule has 0 aliphatic carbocycles. The third-order valence-corrected chi connectivity index (χ3v) is 6.56. The van der Waals surface area contributed by atoms with Crippen molar-refractivity contribution in [3.8, 4) is 22.4 Å². The zero-order valence-electron chi connectivity index (χ0n) is 18.7. The van der Waals surface area contributed by atoms with Crippen LogP contribution in [0.4, 0.5) is 5.95 Å². The van der Waals surface area contributed by atoms with E-state index in [2.05, 4.69) is 25.9 Å². The highest BCUT2D eigenvalue weighted by Gasteiger charge is 2.44.